The molecule has 0 spiro atoms. The lowest BCUT2D eigenvalue weighted by atomic mass is 10.1. The van der Waals surface area contributed by atoms with Gasteiger partial charge in [0.15, 0.2) is 5.78 Å². The number of hydrogen-bond acceptors (Lipinski definition) is 3. The van der Waals surface area contributed by atoms with E-state index in [0.717, 1.165) is 11.4 Å². The number of ketones is 1. The fourth-order valence-electron chi connectivity index (χ4n) is 2.61. The molecule has 0 saturated carbocycles. The number of methoxy groups -OCH3 is 1. The largest absolute Gasteiger partial charge is 0.496 e. The van der Waals surface area contributed by atoms with Crippen molar-refractivity contribution < 1.29 is 9.53 Å². The number of Topliss-reactive ketones (excluding diaryl/α,β-unsaturated/α-hetero) is 1. The van der Waals surface area contributed by atoms with Crippen LogP contribution in [0.1, 0.15) is 28.4 Å². The summed E-state index contributed by atoms with van der Waals surface area (Å²) in [5.41, 5.74) is 4.92. The number of carbonyl (C=O) groups is 1. The molecule has 3 heteroatoms. The van der Waals surface area contributed by atoms with Gasteiger partial charge in [0.05, 0.1) is 18.4 Å². The monoisotopic (exact) mass is 283 g/mol. The SMILES string of the molecule is COc1cccc(N(C)c2cc(C)cc(C)c2)c1C(C)=O. The number of ether oxygens (including phenoxy) is 1. The predicted octanol–water partition coefficient (Wildman–Crippen LogP) is 4.28. The standard InChI is InChI=1S/C18H21NO2/c1-12-9-13(2)11-15(10-12)19(4)16-7-6-8-17(21-5)18(16)14(3)20/h6-11H,1-5H3. The Morgan fingerprint density at radius 1 is 1.10 bits per heavy atom. The fourth-order valence-corrected chi connectivity index (χ4v) is 2.61. The zero-order chi connectivity index (χ0) is 15.6. The van der Waals surface area contributed by atoms with E-state index in [1.54, 1.807) is 14.0 Å². The molecule has 21 heavy (non-hydrogen) atoms. The minimum atomic E-state index is -0.00123. The first-order valence-corrected chi connectivity index (χ1v) is 6.94. The first kappa shape index (κ1) is 15.1. The van der Waals surface area contributed by atoms with Gasteiger partial charge < -0.3 is 9.64 Å². The van der Waals surface area contributed by atoms with Gasteiger partial charge in [-0.05, 0) is 56.2 Å². The highest BCUT2D eigenvalue weighted by atomic mass is 16.5. The number of rotatable bonds is 4. The summed E-state index contributed by atoms with van der Waals surface area (Å²) in [6.07, 6.45) is 0. The molecule has 0 unspecified atom stereocenters. The molecule has 0 fully saturated rings. The zero-order valence-electron chi connectivity index (χ0n) is 13.2. The van der Waals surface area contributed by atoms with Crippen LogP contribution in [-0.2, 0) is 0 Å². The van der Waals surface area contributed by atoms with Crippen LogP contribution in [0, 0.1) is 13.8 Å². The summed E-state index contributed by atoms with van der Waals surface area (Å²) < 4.78 is 5.33. The Labute approximate surface area is 126 Å². The van der Waals surface area contributed by atoms with E-state index >= 15 is 0 Å². The van der Waals surface area contributed by atoms with Crippen molar-refractivity contribution >= 4 is 17.2 Å². The van der Waals surface area contributed by atoms with Gasteiger partial charge in [0, 0.05) is 12.7 Å². The molecule has 0 saturated heterocycles. The average Bonchev–Trinajstić information content (AvgIpc) is 2.44. The van der Waals surface area contributed by atoms with Crippen LogP contribution in [0.4, 0.5) is 11.4 Å². The van der Waals surface area contributed by atoms with Crippen LogP contribution in [0.3, 0.4) is 0 Å². The number of hydrogen-bond donors (Lipinski definition) is 0. The molecule has 0 radical (unpaired) electrons. The second-order valence-electron chi connectivity index (χ2n) is 5.32. The third-order valence-electron chi connectivity index (χ3n) is 3.53. The maximum Gasteiger partial charge on any atom is 0.165 e. The third kappa shape index (κ3) is 3.07. The van der Waals surface area contributed by atoms with E-state index < -0.39 is 0 Å². The minimum absolute atomic E-state index is 0.00123. The first-order valence-electron chi connectivity index (χ1n) is 6.94. The van der Waals surface area contributed by atoms with Crippen molar-refractivity contribution in [2.24, 2.45) is 0 Å². The van der Waals surface area contributed by atoms with Gasteiger partial charge in [0.2, 0.25) is 0 Å². The van der Waals surface area contributed by atoms with E-state index in [1.807, 2.05) is 30.1 Å². The van der Waals surface area contributed by atoms with Gasteiger partial charge in [0.1, 0.15) is 5.75 Å². The van der Waals surface area contributed by atoms with Gasteiger partial charge in [-0.1, -0.05) is 12.1 Å². The molecular weight excluding hydrogens is 262 g/mol. The molecule has 0 aliphatic carbocycles. The molecule has 2 aromatic rings. The van der Waals surface area contributed by atoms with Crippen LogP contribution in [0.15, 0.2) is 36.4 Å². The minimum Gasteiger partial charge on any atom is -0.496 e. The van der Waals surface area contributed by atoms with Gasteiger partial charge in [-0.25, -0.2) is 0 Å². The maximum atomic E-state index is 12.0. The maximum absolute atomic E-state index is 12.0. The van der Waals surface area contributed by atoms with E-state index in [1.165, 1.54) is 11.1 Å². The van der Waals surface area contributed by atoms with Crippen molar-refractivity contribution in [3.8, 4) is 5.75 Å². The van der Waals surface area contributed by atoms with Crippen LogP contribution in [0.25, 0.3) is 0 Å². The van der Waals surface area contributed by atoms with E-state index in [9.17, 15) is 4.79 Å². The molecule has 2 rings (SSSR count). The van der Waals surface area contributed by atoms with Crippen LogP contribution in [0.5, 0.6) is 5.75 Å². The smallest absolute Gasteiger partial charge is 0.165 e. The number of benzene rings is 2. The Bertz CT molecular complexity index is 657. The molecule has 0 heterocycles. The Morgan fingerprint density at radius 3 is 2.24 bits per heavy atom. The van der Waals surface area contributed by atoms with Crippen molar-refractivity contribution in [3.05, 3.63) is 53.1 Å². The molecule has 3 nitrogen and oxygen atoms in total. The molecule has 0 N–H and O–H groups in total. The Morgan fingerprint density at radius 2 is 1.71 bits per heavy atom. The lowest BCUT2D eigenvalue weighted by molar-refractivity contribution is 0.101. The average molecular weight is 283 g/mol. The first-order chi connectivity index (χ1) is 9.93. The number of anilines is 2. The quantitative estimate of drug-likeness (QED) is 0.784. The molecule has 110 valence electrons. The normalized spacial score (nSPS) is 10.3. The molecular formula is C18H21NO2. The Balaban J connectivity index is 2.57. The number of carbonyl (C=O) groups excluding carboxylic acids is 1. The second kappa shape index (κ2) is 6.00. The lowest BCUT2D eigenvalue weighted by Crippen LogP contribution is -2.14. The van der Waals surface area contributed by atoms with E-state index in [4.69, 9.17) is 4.74 Å². The van der Waals surface area contributed by atoms with E-state index in [2.05, 4.69) is 32.0 Å². The van der Waals surface area contributed by atoms with Gasteiger partial charge >= 0.3 is 0 Å². The number of aryl methyl sites for hydroxylation is 2. The van der Waals surface area contributed by atoms with Crippen LogP contribution >= 0.6 is 0 Å². The summed E-state index contributed by atoms with van der Waals surface area (Å²) >= 11 is 0. The highest BCUT2D eigenvalue weighted by Gasteiger charge is 2.17. The third-order valence-corrected chi connectivity index (χ3v) is 3.53. The Kier molecular flexibility index (Phi) is 4.32. The van der Waals surface area contributed by atoms with Crippen LogP contribution < -0.4 is 9.64 Å². The number of nitrogens with zero attached hydrogens (tertiary/aromatic N) is 1. The summed E-state index contributed by atoms with van der Waals surface area (Å²) in [5.74, 6) is 0.606. The summed E-state index contributed by atoms with van der Waals surface area (Å²) in [5, 5.41) is 0. The highest BCUT2D eigenvalue weighted by molar-refractivity contribution is 6.03. The molecule has 0 bridgehead atoms. The molecule has 0 aliphatic heterocycles. The highest BCUT2D eigenvalue weighted by Crippen LogP contribution is 2.33. The summed E-state index contributed by atoms with van der Waals surface area (Å²) in [6, 6.07) is 12.0. The van der Waals surface area contributed by atoms with Crippen molar-refractivity contribution in [3.63, 3.8) is 0 Å². The van der Waals surface area contributed by atoms with Crippen molar-refractivity contribution in [2.45, 2.75) is 20.8 Å². The molecule has 0 aromatic heterocycles. The van der Waals surface area contributed by atoms with Crippen molar-refractivity contribution in [1.29, 1.82) is 0 Å². The lowest BCUT2D eigenvalue weighted by Gasteiger charge is -2.24. The molecule has 0 aliphatic rings. The topological polar surface area (TPSA) is 29.5 Å². The molecule has 0 atom stereocenters. The van der Waals surface area contributed by atoms with Crippen molar-refractivity contribution in [2.75, 3.05) is 19.1 Å². The van der Waals surface area contributed by atoms with E-state index in [-0.39, 0.29) is 5.78 Å². The zero-order valence-corrected chi connectivity index (χ0v) is 13.2. The van der Waals surface area contributed by atoms with Gasteiger partial charge in [0.25, 0.3) is 0 Å². The summed E-state index contributed by atoms with van der Waals surface area (Å²) in [7, 11) is 3.55. The van der Waals surface area contributed by atoms with Crippen LogP contribution in [0.2, 0.25) is 0 Å². The second-order valence-corrected chi connectivity index (χ2v) is 5.32. The molecule has 0 amide bonds. The van der Waals surface area contributed by atoms with E-state index in [0.29, 0.717) is 11.3 Å². The van der Waals surface area contributed by atoms with Gasteiger partial charge in [-0.2, -0.15) is 0 Å². The van der Waals surface area contributed by atoms with Crippen molar-refractivity contribution in [1.82, 2.24) is 0 Å². The fraction of sp³-hybridized carbons (Fsp3) is 0.278. The summed E-state index contributed by atoms with van der Waals surface area (Å²) in [4.78, 5) is 14.0. The summed E-state index contributed by atoms with van der Waals surface area (Å²) in [6.45, 7) is 5.71. The predicted molar refractivity (Wildman–Crippen MR) is 87.0 cm³/mol. The van der Waals surface area contributed by atoms with Crippen LogP contribution in [-0.4, -0.2) is 19.9 Å². The Hall–Kier alpha value is -2.29. The van der Waals surface area contributed by atoms with Gasteiger partial charge in [-0.3, -0.25) is 4.79 Å². The molecule has 2 aromatic carbocycles. The van der Waals surface area contributed by atoms with Gasteiger partial charge in [-0.15, -0.1) is 0 Å².